The van der Waals surface area contributed by atoms with Crippen LogP contribution in [0.2, 0.25) is 0 Å². The van der Waals surface area contributed by atoms with Gasteiger partial charge in [0.05, 0.1) is 27.7 Å². The highest BCUT2D eigenvalue weighted by Crippen LogP contribution is 2.38. The molecule has 2 atom stereocenters. The van der Waals surface area contributed by atoms with E-state index in [4.69, 9.17) is 18.5 Å². The lowest BCUT2D eigenvalue weighted by Crippen LogP contribution is -2.37. The van der Waals surface area contributed by atoms with Gasteiger partial charge in [-0.3, -0.25) is 14.2 Å². The maximum Gasteiger partial charge on any atom is 0.306 e. The Kier molecular flexibility index (Phi) is 35.2. The topological polar surface area (TPSA) is 111 Å². The number of quaternary nitrogens is 1. The van der Waals surface area contributed by atoms with Crippen molar-refractivity contribution < 1.29 is 42.1 Å². The number of hydrogen-bond donors (Lipinski definition) is 0. The largest absolute Gasteiger partial charge is 0.756 e. The van der Waals surface area contributed by atoms with E-state index in [9.17, 15) is 19.0 Å². The summed E-state index contributed by atoms with van der Waals surface area (Å²) in [5.41, 5.74) is 0. The van der Waals surface area contributed by atoms with Gasteiger partial charge in [-0.15, -0.1) is 0 Å². The zero-order valence-corrected chi connectivity index (χ0v) is 36.0. The third-order valence-electron chi connectivity index (χ3n) is 8.85. The van der Waals surface area contributed by atoms with Gasteiger partial charge >= 0.3 is 11.9 Å². The van der Waals surface area contributed by atoms with Gasteiger partial charge in [0, 0.05) is 12.8 Å². The molecule has 0 aliphatic heterocycles. The van der Waals surface area contributed by atoms with Crippen LogP contribution in [0.4, 0.5) is 0 Å². The van der Waals surface area contributed by atoms with E-state index in [1.165, 1.54) is 70.6 Å². The second-order valence-corrected chi connectivity index (χ2v) is 16.8. The first-order valence-corrected chi connectivity index (χ1v) is 22.8. The highest BCUT2D eigenvalue weighted by Gasteiger charge is 2.21. The molecule has 0 aromatic carbocycles. The number of phosphoric ester groups is 1. The van der Waals surface area contributed by atoms with Gasteiger partial charge in [0.1, 0.15) is 19.8 Å². The van der Waals surface area contributed by atoms with Crippen molar-refractivity contribution in [1.82, 2.24) is 0 Å². The number of ether oxygens (including phenoxy) is 2. The molecule has 0 fully saturated rings. The number of carbonyl (C=O) groups is 2. The molecule has 0 aromatic rings. The van der Waals surface area contributed by atoms with Crippen molar-refractivity contribution >= 4 is 19.8 Å². The van der Waals surface area contributed by atoms with Crippen LogP contribution in [0, 0.1) is 0 Å². The molecule has 0 bridgehead atoms. The molecule has 9 nitrogen and oxygen atoms in total. The lowest BCUT2D eigenvalue weighted by Gasteiger charge is -2.28. The number of allylic oxidation sites excluding steroid dienone is 8. The summed E-state index contributed by atoms with van der Waals surface area (Å²) in [5, 5.41) is 0. The lowest BCUT2D eigenvalue weighted by molar-refractivity contribution is -0.870. The zero-order chi connectivity index (χ0) is 40.0. The van der Waals surface area contributed by atoms with Crippen LogP contribution in [0.25, 0.3) is 0 Å². The minimum atomic E-state index is -4.63. The molecule has 54 heavy (non-hydrogen) atoms. The average Bonchev–Trinajstić information content (AvgIpc) is 3.12. The lowest BCUT2D eigenvalue weighted by atomic mass is 10.1. The van der Waals surface area contributed by atoms with Crippen molar-refractivity contribution in [3.63, 3.8) is 0 Å². The van der Waals surface area contributed by atoms with Gasteiger partial charge in [-0.2, -0.15) is 0 Å². The molecular weight excluding hydrogens is 701 g/mol. The van der Waals surface area contributed by atoms with Crippen LogP contribution < -0.4 is 4.89 Å². The van der Waals surface area contributed by atoms with Crippen molar-refractivity contribution in [3.05, 3.63) is 48.6 Å². The van der Waals surface area contributed by atoms with Crippen LogP contribution in [0.1, 0.15) is 168 Å². The van der Waals surface area contributed by atoms with Crippen LogP contribution in [-0.4, -0.2) is 70.0 Å². The molecule has 0 rings (SSSR count). The van der Waals surface area contributed by atoms with Gasteiger partial charge < -0.3 is 27.9 Å². The number of nitrogens with zero attached hydrogens (tertiary/aromatic N) is 1. The Hall–Kier alpha value is -2.03. The number of likely N-dealkylation sites (N-methyl/N-ethyl adjacent to an activating group) is 1. The molecule has 0 aliphatic rings. The summed E-state index contributed by atoms with van der Waals surface area (Å²) in [6.07, 6.45) is 41.4. The van der Waals surface area contributed by atoms with E-state index in [1.54, 1.807) is 0 Å². The quantitative estimate of drug-likeness (QED) is 0.0200. The summed E-state index contributed by atoms with van der Waals surface area (Å²) < 4.78 is 33.8. The fourth-order valence-corrected chi connectivity index (χ4v) is 6.19. The molecule has 0 heterocycles. The van der Waals surface area contributed by atoms with E-state index >= 15 is 0 Å². The van der Waals surface area contributed by atoms with Crippen molar-refractivity contribution in [2.45, 2.75) is 174 Å². The maximum absolute atomic E-state index is 12.6. The van der Waals surface area contributed by atoms with Crippen LogP contribution in [0.3, 0.4) is 0 Å². The molecule has 0 spiro atoms. The van der Waals surface area contributed by atoms with Crippen molar-refractivity contribution in [2.75, 3.05) is 47.5 Å². The molecule has 0 amide bonds. The highest BCUT2D eigenvalue weighted by molar-refractivity contribution is 7.45. The number of unbranched alkanes of at least 4 members (excludes halogenated alkanes) is 16. The third kappa shape index (κ3) is 39.7. The summed E-state index contributed by atoms with van der Waals surface area (Å²) in [6.45, 7) is 4.14. The number of hydrogen-bond acceptors (Lipinski definition) is 8. The maximum atomic E-state index is 12.6. The molecule has 0 saturated heterocycles. The Bertz CT molecular complexity index is 1070. The van der Waals surface area contributed by atoms with E-state index < -0.39 is 32.5 Å². The third-order valence-corrected chi connectivity index (χ3v) is 9.82. The standard InChI is InChI=1S/C44H80NO8P/c1-6-8-10-12-14-16-18-19-20-21-22-23-24-25-27-28-30-32-34-36-43(46)50-40-42(41-52-54(48,49)51-39-38-45(3,4)5)53-44(47)37-35-33-31-29-26-17-15-13-11-9-7-2/h14,16,19-20,22-23,25,27,42H,6-13,15,17-18,21,24,26,28-41H2,1-5H3/b16-14+,20-19+,23-22+,27-25+/t42-/m0/s1. The number of rotatable bonds is 38. The Labute approximate surface area is 331 Å². The molecule has 0 radical (unpaired) electrons. The first-order valence-electron chi connectivity index (χ1n) is 21.3. The fourth-order valence-electron chi connectivity index (χ4n) is 5.46. The molecule has 1 unspecified atom stereocenters. The summed E-state index contributed by atoms with van der Waals surface area (Å²) in [6, 6.07) is 0. The highest BCUT2D eigenvalue weighted by atomic mass is 31.2. The average molecular weight is 782 g/mol. The van der Waals surface area contributed by atoms with Crippen LogP contribution >= 0.6 is 7.82 Å². The minimum Gasteiger partial charge on any atom is -0.756 e. The van der Waals surface area contributed by atoms with Crippen LogP contribution in [-0.2, 0) is 32.7 Å². The number of carbonyl (C=O) groups excluding carboxylic acids is 2. The smallest absolute Gasteiger partial charge is 0.306 e. The second kappa shape index (κ2) is 36.6. The predicted octanol–water partition coefficient (Wildman–Crippen LogP) is 11.3. The van der Waals surface area contributed by atoms with Gasteiger partial charge in [0.2, 0.25) is 0 Å². The Morgan fingerprint density at radius 1 is 0.574 bits per heavy atom. The number of esters is 2. The van der Waals surface area contributed by atoms with Crippen molar-refractivity contribution in [1.29, 1.82) is 0 Å². The van der Waals surface area contributed by atoms with Gasteiger partial charge in [-0.05, 0) is 57.8 Å². The minimum absolute atomic E-state index is 0.0367. The van der Waals surface area contributed by atoms with Crippen LogP contribution in [0.15, 0.2) is 48.6 Å². The van der Waals surface area contributed by atoms with E-state index in [1.807, 2.05) is 21.1 Å². The van der Waals surface area contributed by atoms with E-state index in [0.717, 1.165) is 57.8 Å². The van der Waals surface area contributed by atoms with Gasteiger partial charge in [-0.25, -0.2) is 0 Å². The van der Waals surface area contributed by atoms with Gasteiger partial charge in [0.25, 0.3) is 7.82 Å². The van der Waals surface area contributed by atoms with Crippen LogP contribution in [0.5, 0.6) is 0 Å². The molecule has 0 saturated carbocycles. The van der Waals surface area contributed by atoms with Gasteiger partial charge in [0.15, 0.2) is 6.10 Å². The van der Waals surface area contributed by atoms with E-state index in [0.29, 0.717) is 23.9 Å². The SMILES string of the molecule is CCCCC/C=C/C/C=C/C/C=C/C/C=C/CCCCCC(=O)OC[C@@H](COP(=O)([O-])OCC[N+](C)(C)C)OC(=O)CCCCCCCCCCCCC. The first kappa shape index (κ1) is 52.0. The second-order valence-electron chi connectivity index (χ2n) is 15.4. The fraction of sp³-hybridized carbons (Fsp3) is 0.773. The molecule has 0 aromatic heterocycles. The van der Waals surface area contributed by atoms with E-state index in [2.05, 4.69) is 62.5 Å². The summed E-state index contributed by atoms with van der Waals surface area (Å²) in [7, 11) is 1.14. The van der Waals surface area contributed by atoms with Crippen molar-refractivity contribution in [2.24, 2.45) is 0 Å². The molecule has 0 N–H and O–H groups in total. The van der Waals surface area contributed by atoms with Gasteiger partial charge in [-0.1, -0.05) is 146 Å². The first-order chi connectivity index (χ1) is 26.0. The molecular formula is C44H80NO8P. The zero-order valence-electron chi connectivity index (χ0n) is 35.2. The van der Waals surface area contributed by atoms with E-state index in [-0.39, 0.29) is 26.1 Å². The number of phosphoric acid groups is 1. The predicted molar refractivity (Wildman–Crippen MR) is 222 cm³/mol. The van der Waals surface area contributed by atoms with Crippen molar-refractivity contribution in [3.8, 4) is 0 Å². The molecule has 10 heteroatoms. The summed E-state index contributed by atoms with van der Waals surface area (Å²) in [5.74, 6) is -0.872. The molecule has 314 valence electrons. The monoisotopic (exact) mass is 782 g/mol. The Morgan fingerprint density at radius 3 is 1.52 bits per heavy atom. The Balaban J connectivity index is 4.41. The summed E-state index contributed by atoms with van der Waals surface area (Å²) >= 11 is 0. The normalized spacial score (nSPS) is 14.1. The summed E-state index contributed by atoms with van der Waals surface area (Å²) in [4.78, 5) is 37.4. The molecule has 0 aliphatic carbocycles. The Morgan fingerprint density at radius 2 is 1.00 bits per heavy atom.